The van der Waals surface area contributed by atoms with Gasteiger partial charge in [-0.15, -0.1) is 0 Å². The number of rotatable bonds is 6. The highest BCUT2D eigenvalue weighted by Crippen LogP contribution is 2.58. The van der Waals surface area contributed by atoms with E-state index in [0.29, 0.717) is 95.0 Å². The molecule has 7 rings (SSSR count). The van der Waals surface area contributed by atoms with Crippen molar-refractivity contribution in [3.8, 4) is 44.8 Å². The van der Waals surface area contributed by atoms with E-state index in [9.17, 15) is 52.7 Å². The molecule has 0 N–H and O–H groups in total. The van der Waals surface area contributed by atoms with Gasteiger partial charge in [-0.05, 0) is 108 Å². The Bertz CT molecular complexity index is 2140. The summed E-state index contributed by atoms with van der Waals surface area (Å²) in [6.07, 6.45) is -18.4. The van der Waals surface area contributed by atoms with Crippen LogP contribution in [0.3, 0.4) is 0 Å². The molecule has 0 unspecified atom stereocenters. The summed E-state index contributed by atoms with van der Waals surface area (Å²) in [7, 11) is 0. The van der Waals surface area contributed by atoms with E-state index in [0.717, 1.165) is 0 Å². The lowest BCUT2D eigenvalue weighted by Crippen LogP contribution is -2.27. The fourth-order valence-electron chi connectivity index (χ4n) is 8.56. The Morgan fingerprint density at radius 1 is 0.393 bits per heavy atom. The average molecular weight is 793 g/mol. The topological polar surface area (TPSA) is 25.8 Å². The fourth-order valence-corrected chi connectivity index (χ4v) is 8.56. The first-order valence-corrected chi connectivity index (χ1v) is 17.8. The third kappa shape index (κ3) is 6.05. The summed E-state index contributed by atoms with van der Waals surface area (Å²) in [6.45, 7) is 7.57. The van der Waals surface area contributed by atoms with E-state index < -0.39 is 57.8 Å². The number of halogens is 12. The van der Waals surface area contributed by atoms with E-state index in [1.165, 1.54) is 12.1 Å². The molecule has 0 bridgehead atoms. The summed E-state index contributed by atoms with van der Waals surface area (Å²) in [5.41, 5.74) is -3.12. The van der Waals surface area contributed by atoms with Crippen LogP contribution in [0.4, 0.5) is 52.7 Å². The Hall–Kier alpha value is -4.88. The van der Waals surface area contributed by atoms with Gasteiger partial charge in [0.05, 0.1) is 45.0 Å². The van der Waals surface area contributed by atoms with Crippen LogP contribution in [0.15, 0.2) is 72.8 Å². The number of benzene rings is 4. The second-order valence-corrected chi connectivity index (χ2v) is 14.3. The van der Waals surface area contributed by atoms with Crippen molar-refractivity contribution in [2.75, 3.05) is 0 Å². The molecule has 4 aromatic carbocycles. The maximum atomic E-state index is 13.8. The van der Waals surface area contributed by atoms with E-state index in [1.54, 1.807) is 24.3 Å². The van der Waals surface area contributed by atoms with Gasteiger partial charge in [0.1, 0.15) is 0 Å². The van der Waals surface area contributed by atoms with Gasteiger partial charge in [-0.1, -0.05) is 52.0 Å². The van der Waals surface area contributed by atoms with E-state index in [1.807, 2.05) is 27.7 Å². The maximum absolute atomic E-state index is 13.8. The van der Waals surface area contributed by atoms with E-state index >= 15 is 0 Å². The Balaban J connectivity index is 1.40. The van der Waals surface area contributed by atoms with Gasteiger partial charge in [-0.2, -0.15) is 52.7 Å². The van der Waals surface area contributed by atoms with Crippen LogP contribution in [0.25, 0.3) is 44.8 Å². The highest BCUT2D eigenvalue weighted by Gasteiger charge is 2.49. The lowest BCUT2D eigenvalue weighted by Gasteiger charge is -2.30. The summed E-state index contributed by atoms with van der Waals surface area (Å²) in [5, 5.41) is 0. The quantitative estimate of drug-likeness (QED) is 0.160. The van der Waals surface area contributed by atoms with E-state index in [2.05, 4.69) is 0 Å². The molecular weight excluding hydrogens is 760 g/mol. The number of aromatic nitrogens is 2. The Labute approximate surface area is 313 Å². The zero-order chi connectivity index (χ0) is 41.0. The lowest BCUT2D eigenvalue weighted by molar-refractivity contribution is -0.144. The molecule has 0 saturated heterocycles. The molecule has 294 valence electrons. The Morgan fingerprint density at radius 2 is 0.679 bits per heavy atom. The smallest absolute Gasteiger partial charge is 0.248 e. The first-order chi connectivity index (χ1) is 26.0. The number of fused-ring (bicyclic) bond motifs is 6. The predicted molar refractivity (Wildman–Crippen MR) is 187 cm³/mol. The molecule has 2 aliphatic carbocycles. The summed E-state index contributed by atoms with van der Waals surface area (Å²) in [5.74, 6) is 0. The van der Waals surface area contributed by atoms with Gasteiger partial charge < -0.3 is 0 Å². The monoisotopic (exact) mass is 792 g/mol. The molecule has 2 aliphatic rings. The molecule has 0 atom stereocenters. The molecule has 5 aromatic rings. The number of hydrogen-bond acceptors (Lipinski definition) is 2. The van der Waals surface area contributed by atoms with Crippen LogP contribution in [0.2, 0.25) is 0 Å². The van der Waals surface area contributed by atoms with Gasteiger partial charge in [-0.3, -0.25) is 0 Å². The van der Waals surface area contributed by atoms with Crippen LogP contribution in [-0.2, 0) is 35.5 Å². The minimum Gasteiger partial charge on any atom is -0.248 e. The fraction of sp³-hybridized carbons (Fsp3) is 0.333. The molecule has 14 heteroatoms. The van der Waals surface area contributed by atoms with Crippen LogP contribution in [-0.4, -0.2) is 9.97 Å². The maximum Gasteiger partial charge on any atom is 0.416 e. The van der Waals surface area contributed by atoms with Crippen molar-refractivity contribution < 1.29 is 52.7 Å². The van der Waals surface area contributed by atoms with Crippen molar-refractivity contribution in [1.29, 1.82) is 0 Å². The normalized spacial score (nSPS) is 15.7. The van der Waals surface area contributed by atoms with E-state index in [-0.39, 0.29) is 34.4 Å². The van der Waals surface area contributed by atoms with Crippen molar-refractivity contribution in [1.82, 2.24) is 9.97 Å². The second kappa shape index (κ2) is 12.8. The molecule has 1 aromatic heterocycles. The summed E-state index contributed by atoms with van der Waals surface area (Å²) < 4.78 is 165. The van der Waals surface area contributed by atoms with Crippen molar-refractivity contribution in [3.05, 3.63) is 118 Å². The summed E-state index contributed by atoms with van der Waals surface area (Å²) >= 11 is 0. The molecule has 0 radical (unpaired) electrons. The van der Waals surface area contributed by atoms with Crippen LogP contribution >= 0.6 is 0 Å². The van der Waals surface area contributed by atoms with Crippen LogP contribution < -0.4 is 0 Å². The number of alkyl halides is 12. The predicted octanol–water partition coefficient (Wildman–Crippen LogP) is 14.1. The largest absolute Gasteiger partial charge is 0.416 e. The summed E-state index contributed by atoms with van der Waals surface area (Å²) in [4.78, 5) is 10.4. The third-order valence-electron chi connectivity index (χ3n) is 11.6. The Morgan fingerprint density at radius 3 is 0.929 bits per heavy atom. The molecule has 2 nitrogen and oxygen atoms in total. The molecule has 0 amide bonds. The van der Waals surface area contributed by atoms with Gasteiger partial charge in [0.25, 0.3) is 0 Å². The zero-order valence-electron chi connectivity index (χ0n) is 30.2. The first kappa shape index (κ1) is 39.4. The molecular formula is C42H32F12N2. The van der Waals surface area contributed by atoms with Crippen LogP contribution in [0.1, 0.15) is 98.1 Å². The van der Waals surface area contributed by atoms with Gasteiger partial charge in [-0.25, -0.2) is 9.97 Å². The molecule has 0 aliphatic heterocycles. The van der Waals surface area contributed by atoms with Crippen molar-refractivity contribution in [3.63, 3.8) is 0 Å². The van der Waals surface area contributed by atoms with Crippen molar-refractivity contribution in [2.24, 2.45) is 0 Å². The molecule has 0 fully saturated rings. The van der Waals surface area contributed by atoms with Crippen LogP contribution in [0, 0.1) is 0 Å². The molecule has 1 heterocycles. The average Bonchev–Trinajstić information content (AvgIpc) is 3.57. The third-order valence-corrected chi connectivity index (χ3v) is 11.6. The zero-order valence-corrected chi connectivity index (χ0v) is 30.2. The highest BCUT2D eigenvalue weighted by molar-refractivity contribution is 5.86. The number of nitrogens with zero attached hydrogens (tertiary/aromatic N) is 2. The van der Waals surface area contributed by atoms with Gasteiger partial charge in [0, 0.05) is 22.0 Å². The SMILES string of the molecule is CCC1(CC)c2cc(-c3cc(C(F)(F)F)cc(C(F)(F)F)c3)ccc2-c2nc3c(nc21)-c1ccc(-c2cc(C(F)(F)F)cc(C(F)(F)F)c2)cc1C3(CC)CC. The minimum atomic E-state index is -5.03. The van der Waals surface area contributed by atoms with Crippen molar-refractivity contribution in [2.45, 2.75) is 88.9 Å². The molecule has 0 saturated carbocycles. The van der Waals surface area contributed by atoms with Gasteiger partial charge in [0.2, 0.25) is 0 Å². The number of hydrogen-bond donors (Lipinski definition) is 0. The van der Waals surface area contributed by atoms with Gasteiger partial charge >= 0.3 is 24.7 Å². The van der Waals surface area contributed by atoms with E-state index in [4.69, 9.17) is 9.97 Å². The Kier molecular flexibility index (Phi) is 9.01. The molecule has 0 spiro atoms. The standard InChI is InChI=1S/C42H32F12N2/c1-5-37(6-2)31-17-21(23-13-25(39(43,44)45)19-26(14-23)40(46,47)48)9-11-29(31)33-35(37)55-34-30-12-10-22(18-32(30)38(7-3,8-4)36(34)56-33)24-15-27(41(49,50)51)20-28(16-24)42(52,53)54/h9-20H,5-8H2,1-4H3. The lowest BCUT2D eigenvalue weighted by atomic mass is 9.75. The first-order valence-electron chi connectivity index (χ1n) is 17.8. The summed E-state index contributed by atoms with van der Waals surface area (Å²) in [6, 6.07) is 12.3. The van der Waals surface area contributed by atoms with Crippen LogP contribution in [0.5, 0.6) is 0 Å². The van der Waals surface area contributed by atoms with Crippen molar-refractivity contribution >= 4 is 0 Å². The highest BCUT2D eigenvalue weighted by atomic mass is 19.4. The minimum absolute atomic E-state index is 0.0817. The second-order valence-electron chi connectivity index (χ2n) is 14.3. The van der Waals surface area contributed by atoms with Gasteiger partial charge in [0.15, 0.2) is 0 Å². The molecule has 56 heavy (non-hydrogen) atoms.